The van der Waals surface area contributed by atoms with Gasteiger partial charge in [0, 0.05) is 25.0 Å². The fourth-order valence-corrected chi connectivity index (χ4v) is 3.83. The third kappa shape index (κ3) is 4.04. The van der Waals surface area contributed by atoms with Gasteiger partial charge in [-0.3, -0.25) is 0 Å². The first-order valence-corrected chi connectivity index (χ1v) is 9.68. The summed E-state index contributed by atoms with van der Waals surface area (Å²) in [5, 5.41) is 8.50. The molecule has 1 aliphatic heterocycles. The number of anilines is 1. The molecule has 0 radical (unpaired) electrons. The van der Waals surface area contributed by atoms with Crippen LogP contribution in [0.4, 0.5) is 19.1 Å². The van der Waals surface area contributed by atoms with Crippen LogP contribution in [0.15, 0.2) is 24.5 Å². The van der Waals surface area contributed by atoms with Crippen molar-refractivity contribution in [3.05, 3.63) is 35.7 Å². The van der Waals surface area contributed by atoms with E-state index in [0.717, 1.165) is 38.1 Å². The molecular weight excluding hydrogens is 397 g/mol. The number of piperidine rings is 1. The Hall–Kier alpha value is -2.88. The molecule has 2 aromatic heterocycles. The van der Waals surface area contributed by atoms with Crippen LogP contribution < -0.4 is 10.1 Å². The first-order valence-electron chi connectivity index (χ1n) is 9.68. The van der Waals surface area contributed by atoms with Gasteiger partial charge in [-0.2, -0.15) is 18.2 Å². The average molecular weight is 420 g/mol. The predicted octanol–water partition coefficient (Wildman–Crippen LogP) is 3.66. The molecule has 10 heteroatoms. The predicted molar refractivity (Wildman–Crippen MR) is 107 cm³/mol. The highest BCUT2D eigenvalue weighted by Crippen LogP contribution is 2.36. The van der Waals surface area contributed by atoms with Crippen LogP contribution >= 0.6 is 0 Å². The summed E-state index contributed by atoms with van der Waals surface area (Å²) in [5.41, 5.74) is 0.525. The molecule has 3 heterocycles. The molecule has 3 aromatic rings. The van der Waals surface area contributed by atoms with Gasteiger partial charge in [-0.25, -0.2) is 9.67 Å². The number of nitrogens with zero attached hydrogens (tertiary/aromatic N) is 5. The highest BCUT2D eigenvalue weighted by molar-refractivity contribution is 5.75. The lowest BCUT2D eigenvalue weighted by Crippen LogP contribution is -2.40. The van der Waals surface area contributed by atoms with Crippen molar-refractivity contribution in [2.24, 2.45) is 0 Å². The summed E-state index contributed by atoms with van der Waals surface area (Å²) in [7, 11) is 3.42. The fraction of sp³-hybridized carbons (Fsp3) is 0.450. The number of halogens is 3. The monoisotopic (exact) mass is 420 g/mol. The maximum atomic E-state index is 13.1. The summed E-state index contributed by atoms with van der Waals surface area (Å²) < 4.78 is 46.1. The van der Waals surface area contributed by atoms with Crippen molar-refractivity contribution in [3.8, 4) is 11.4 Å². The Labute approximate surface area is 171 Å². The second kappa shape index (κ2) is 7.75. The molecule has 0 saturated carbocycles. The number of alkyl halides is 3. The summed E-state index contributed by atoms with van der Waals surface area (Å²) in [6.07, 6.45) is 1.04. The zero-order valence-corrected chi connectivity index (χ0v) is 17.0. The molecule has 1 aromatic carbocycles. The molecule has 0 amide bonds. The smallest absolute Gasteiger partial charge is 0.416 e. The van der Waals surface area contributed by atoms with Crippen LogP contribution in [-0.4, -0.2) is 57.9 Å². The van der Waals surface area contributed by atoms with Crippen LogP contribution in [0.5, 0.6) is 5.75 Å². The van der Waals surface area contributed by atoms with Gasteiger partial charge in [0.25, 0.3) is 0 Å². The van der Waals surface area contributed by atoms with Crippen LogP contribution in [0.2, 0.25) is 0 Å². The third-order valence-corrected chi connectivity index (χ3v) is 5.26. The normalized spacial score (nSPS) is 18.0. The maximum absolute atomic E-state index is 13.1. The van der Waals surface area contributed by atoms with Gasteiger partial charge < -0.3 is 15.0 Å². The standard InChI is InChI=1S/C20H23F3N6O/c1-12-7-14(20(21,22)23)8-16(30-3)17(12)29-10-13-9-24-19(26-18(13)27-29)25-15-5-4-6-28(2)11-15/h7-10,15H,4-6,11H2,1-3H3,(H,25,26,27)/t15-/m0/s1. The number of nitrogens with one attached hydrogen (secondary N) is 1. The number of hydrogen-bond donors (Lipinski definition) is 1. The van der Waals surface area contributed by atoms with E-state index in [1.165, 1.54) is 11.8 Å². The van der Waals surface area contributed by atoms with E-state index in [-0.39, 0.29) is 11.8 Å². The molecular formula is C20H23F3N6O. The minimum Gasteiger partial charge on any atom is -0.494 e. The molecule has 1 aliphatic rings. The van der Waals surface area contributed by atoms with Crippen molar-refractivity contribution >= 4 is 17.0 Å². The molecule has 1 atom stereocenters. The summed E-state index contributed by atoms with van der Waals surface area (Å²) in [5.74, 6) is 0.579. The number of benzene rings is 1. The van der Waals surface area contributed by atoms with E-state index in [4.69, 9.17) is 4.74 Å². The number of hydrogen-bond acceptors (Lipinski definition) is 6. The van der Waals surface area contributed by atoms with Gasteiger partial charge in [-0.05, 0) is 51.1 Å². The van der Waals surface area contributed by atoms with Gasteiger partial charge in [0.1, 0.15) is 11.4 Å². The Morgan fingerprint density at radius 2 is 2.07 bits per heavy atom. The molecule has 0 aliphatic carbocycles. The topological polar surface area (TPSA) is 68.1 Å². The molecule has 1 N–H and O–H groups in total. The molecule has 160 valence electrons. The number of rotatable bonds is 4. The van der Waals surface area contributed by atoms with E-state index in [2.05, 4.69) is 32.3 Å². The second-order valence-electron chi connectivity index (χ2n) is 7.63. The minimum absolute atomic E-state index is 0.0895. The Balaban J connectivity index is 1.67. The number of ether oxygens (including phenoxy) is 1. The molecule has 7 nitrogen and oxygen atoms in total. The summed E-state index contributed by atoms with van der Waals surface area (Å²) in [6.45, 7) is 3.59. The van der Waals surface area contributed by atoms with Crippen LogP contribution in [0.25, 0.3) is 16.7 Å². The lowest BCUT2D eigenvalue weighted by molar-refractivity contribution is -0.137. The van der Waals surface area contributed by atoms with Gasteiger partial charge in [0.15, 0.2) is 5.65 Å². The van der Waals surface area contributed by atoms with Crippen LogP contribution in [0, 0.1) is 6.92 Å². The van der Waals surface area contributed by atoms with Crippen molar-refractivity contribution in [3.63, 3.8) is 0 Å². The van der Waals surface area contributed by atoms with Crippen LogP contribution in [0.1, 0.15) is 24.0 Å². The van der Waals surface area contributed by atoms with Gasteiger partial charge >= 0.3 is 6.18 Å². The molecule has 1 fully saturated rings. The fourth-order valence-electron chi connectivity index (χ4n) is 3.83. The largest absolute Gasteiger partial charge is 0.494 e. The van der Waals surface area contributed by atoms with E-state index in [9.17, 15) is 13.2 Å². The Morgan fingerprint density at radius 1 is 1.27 bits per heavy atom. The quantitative estimate of drug-likeness (QED) is 0.695. The first kappa shape index (κ1) is 20.4. The molecule has 0 unspecified atom stereocenters. The van der Waals surface area contributed by atoms with Crippen LogP contribution in [0.3, 0.4) is 0 Å². The minimum atomic E-state index is -4.45. The summed E-state index contributed by atoms with van der Waals surface area (Å²) in [6, 6.07) is 2.33. The van der Waals surface area contributed by atoms with Gasteiger partial charge in [0.2, 0.25) is 5.95 Å². The molecule has 30 heavy (non-hydrogen) atoms. The Bertz CT molecular complexity index is 1060. The van der Waals surface area contributed by atoms with E-state index >= 15 is 0 Å². The Morgan fingerprint density at radius 3 is 2.77 bits per heavy atom. The molecule has 0 spiro atoms. The maximum Gasteiger partial charge on any atom is 0.416 e. The van der Waals surface area contributed by atoms with E-state index in [1.807, 2.05) is 0 Å². The third-order valence-electron chi connectivity index (χ3n) is 5.26. The number of aromatic nitrogens is 4. The zero-order valence-electron chi connectivity index (χ0n) is 17.0. The number of likely N-dealkylation sites (N-methyl/N-ethyl adjacent to an activating group) is 1. The van der Waals surface area contributed by atoms with Gasteiger partial charge in [-0.1, -0.05) is 0 Å². The number of likely N-dealkylation sites (tertiary alicyclic amines) is 1. The van der Waals surface area contributed by atoms with Crippen molar-refractivity contribution in [2.75, 3.05) is 32.6 Å². The van der Waals surface area contributed by atoms with E-state index < -0.39 is 11.7 Å². The van der Waals surface area contributed by atoms with Gasteiger partial charge in [0.05, 0.1) is 18.1 Å². The molecule has 1 saturated heterocycles. The van der Waals surface area contributed by atoms with Crippen LogP contribution in [-0.2, 0) is 6.18 Å². The van der Waals surface area contributed by atoms with Gasteiger partial charge in [-0.15, -0.1) is 5.10 Å². The molecule has 0 bridgehead atoms. The first-order chi connectivity index (χ1) is 14.2. The second-order valence-corrected chi connectivity index (χ2v) is 7.63. The van der Waals surface area contributed by atoms with Crippen molar-refractivity contribution in [1.29, 1.82) is 0 Å². The van der Waals surface area contributed by atoms with Crippen molar-refractivity contribution < 1.29 is 17.9 Å². The zero-order chi connectivity index (χ0) is 21.5. The van der Waals surface area contributed by atoms with E-state index in [1.54, 1.807) is 19.3 Å². The average Bonchev–Trinajstić information content (AvgIpc) is 3.09. The SMILES string of the molecule is COc1cc(C(F)(F)F)cc(C)c1-n1cc2cnc(N[C@H]3CCCN(C)C3)nc2n1. The highest BCUT2D eigenvalue weighted by Gasteiger charge is 2.32. The van der Waals surface area contributed by atoms with E-state index in [0.29, 0.717) is 28.2 Å². The summed E-state index contributed by atoms with van der Waals surface area (Å²) in [4.78, 5) is 11.1. The lowest BCUT2D eigenvalue weighted by atomic mass is 10.1. The number of methoxy groups -OCH3 is 1. The summed E-state index contributed by atoms with van der Waals surface area (Å²) >= 11 is 0. The number of fused-ring (bicyclic) bond motifs is 1. The molecule has 4 rings (SSSR count). The Kier molecular flexibility index (Phi) is 5.27. The van der Waals surface area contributed by atoms with Crippen molar-refractivity contribution in [1.82, 2.24) is 24.6 Å². The highest BCUT2D eigenvalue weighted by atomic mass is 19.4. The lowest BCUT2D eigenvalue weighted by Gasteiger charge is -2.30. The van der Waals surface area contributed by atoms with Crippen molar-refractivity contribution in [2.45, 2.75) is 32.0 Å². The number of aryl methyl sites for hydroxylation is 1.